The Kier molecular flexibility index (Phi) is 5.45. The fourth-order valence-corrected chi connectivity index (χ4v) is 3.16. The normalized spacial score (nSPS) is 16.7. The Morgan fingerprint density at radius 2 is 2.04 bits per heavy atom. The van der Waals surface area contributed by atoms with E-state index in [1.807, 2.05) is 17.1 Å². The van der Waals surface area contributed by atoms with Crippen molar-refractivity contribution < 1.29 is 0 Å². The highest BCUT2D eigenvalue weighted by Gasteiger charge is 2.20. The molecule has 24 heavy (non-hydrogen) atoms. The number of anilines is 1. The van der Waals surface area contributed by atoms with Gasteiger partial charge in [0.25, 0.3) is 0 Å². The van der Waals surface area contributed by atoms with Gasteiger partial charge in [0.1, 0.15) is 5.82 Å². The Morgan fingerprint density at radius 1 is 1.25 bits per heavy atom. The van der Waals surface area contributed by atoms with Crippen molar-refractivity contribution in [1.82, 2.24) is 24.9 Å². The Balaban J connectivity index is 1.47. The van der Waals surface area contributed by atoms with Crippen molar-refractivity contribution in [1.29, 1.82) is 0 Å². The molecule has 6 heteroatoms. The zero-order chi connectivity index (χ0) is 16.9. The summed E-state index contributed by atoms with van der Waals surface area (Å²) in [5, 5.41) is 7.95. The summed E-state index contributed by atoms with van der Waals surface area (Å²) in [4.78, 5) is 9.33. The molecule has 0 spiro atoms. The molecule has 0 bridgehead atoms. The van der Waals surface area contributed by atoms with E-state index in [4.69, 9.17) is 0 Å². The highest BCUT2D eigenvalue weighted by atomic mass is 15.4. The Bertz CT molecular complexity index is 599. The summed E-state index contributed by atoms with van der Waals surface area (Å²) in [6.45, 7) is 8.64. The molecule has 6 nitrogen and oxygen atoms in total. The van der Waals surface area contributed by atoms with E-state index in [9.17, 15) is 0 Å². The van der Waals surface area contributed by atoms with Crippen molar-refractivity contribution in [3.05, 3.63) is 36.3 Å². The molecule has 3 rings (SSSR count). The second-order valence-electron chi connectivity index (χ2n) is 7.07. The maximum Gasteiger partial charge on any atom is 0.128 e. The van der Waals surface area contributed by atoms with Crippen LogP contribution in [0.25, 0.3) is 0 Å². The minimum absolute atomic E-state index is 0.465. The molecular formula is C18H28N6. The summed E-state index contributed by atoms with van der Waals surface area (Å²) in [7, 11) is 2.09. The van der Waals surface area contributed by atoms with Crippen LogP contribution in [0.2, 0.25) is 0 Å². The van der Waals surface area contributed by atoms with Gasteiger partial charge in [-0.2, -0.15) is 0 Å². The summed E-state index contributed by atoms with van der Waals surface area (Å²) in [6.07, 6.45) is 8.18. The molecule has 0 aliphatic carbocycles. The van der Waals surface area contributed by atoms with Crippen molar-refractivity contribution >= 4 is 5.82 Å². The smallest absolute Gasteiger partial charge is 0.128 e. The first-order valence-corrected chi connectivity index (χ1v) is 8.86. The lowest BCUT2D eigenvalue weighted by atomic mass is 9.96. The molecule has 2 aromatic heterocycles. The third-order valence-corrected chi connectivity index (χ3v) is 4.98. The summed E-state index contributed by atoms with van der Waals surface area (Å²) in [5.74, 6) is 1.75. The molecule has 1 aliphatic heterocycles. The van der Waals surface area contributed by atoms with Crippen molar-refractivity contribution in [3.8, 4) is 0 Å². The number of pyridine rings is 1. The van der Waals surface area contributed by atoms with Crippen LogP contribution in [-0.2, 0) is 13.1 Å². The zero-order valence-electron chi connectivity index (χ0n) is 15.0. The molecule has 0 amide bonds. The Hall–Kier alpha value is -1.95. The quantitative estimate of drug-likeness (QED) is 0.815. The summed E-state index contributed by atoms with van der Waals surface area (Å²) in [5.41, 5.74) is 1.30. The number of piperidine rings is 1. The minimum Gasteiger partial charge on any atom is -0.357 e. The second kappa shape index (κ2) is 7.75. The van der Waals surface area contributed by atoms with Gasteiger partial charge < -0.3 is 4.90 Å². The number of hydrogen-bond donors (Lipinski definition) is 0. The van der Waals surface area contributed by atoms with Crippen LogP contribution < -0.4 is 4.90 Å². The summed E-state index contributed by atoms with van der Waals surface area (Å²) in [6, 6.07) is 4.81. The first-order chi connectivity index (χ1) is 11.6. The van der Waals surface area contributed by atoms with Crippen LogP contribution in [0.4, 0.5) is 5.82 Å². The van der Waals surface area contributed by atoms with E-state index in [2.05, 4.69) is 58.1 Å². The highest BCUT2D eigenvalue weighted by molar-refractivity contribution is 5.39. The molecule has 0 unspecified atom stereocenters. The van der Waals surface area contributed by atoms with E-state index >= 15 is 0 Å². The third kappa shape index (κ3) is 4.32. The van der Waals surface area contributed by atoms with E-state index in [-0.39, 0.29) is 0 Å². The number of likely N-dealkylation sites (tertiary alicyclic amines) is 1. The van der Waals surface area contributed by atoms with Crippen LogP contribution in [0.15, 0.2) is 30.7 Å². The SMILES string of the molecule is CC(C)N(C)c1ccc(CN2CCC(Cn3ccnn3)CC2)cn1. The van der Waals surface area contributed by atoms with Crippen LogP contribution in [-0.4, -0.2) is 51.1 Å². The summed E-state index contributed by atoms with van der Waals surface area (Å²) < 4.78 is 1.95. The lowest BCUT2D eigenvalue weighted by Crippen LogP contribution is -2.34. The molecule has 1 saturated heterocycles. The number of rotatable bonds is 6. The maximum atomic E-state index is 4.61. The molecule has 0 saturated carbocycles. The highest BCUT2D eigenvalue weighted by Crippen LogP contribution is 2.21. The van der Waals surface area contributed by atoms with Crippen LogP contribution in [0.3, 0.4) is 0 Å². The largest absolute Gasteiger partial charge is 0.357 e. The van der Waals surface area contributed by atoms with Gasteiger partial charge in [0.05, 0.1) is 6.20 Å². The number of nitrogens with zero attached hydrogens (tertiary/aromatic N) is 6. The van der Waals surface area contributed by atoms with E-state index < -0.39 is 0 Å². The van der Waals surface area contributed by atoms with E-state index in [0.29, 0.717) is 12.0 Å². The molecule has 3 heterocycles. The predicted molar refractivity (Wildman–Crippen MR) is 95.8 cm³/mol. The van der Waals surface area contributed by atoms with Crippen LogP contribution >= 0.6 is 0 Å². The molecule has 1 fully saturated rings. The van der Waals surface area contributed by atoms with Gasteiger partial charge in [-0.25, -0.2) is 4.98 Å². The van der Waals surface area contributed by atoms with Gasteiger partial charge >= 0.3 is 0 Å². The molecular weight excluding hydrogens is 300 g/mol. The van der Waals surface area contributed by atoms with Gasteiger partial charge in [-0.3, -0.25) is 9.58 Å². The van der Waals surface area contributed by atoms with E-state index in [1.54, 1.807) is 6.20 Å². The molecule has 0 N–H and O–H groups in total. The molecule has 0 radical (unpaired) electrons. The molecule has 0 aromatic carbocycles. The third-order valence-electron chi connectivity index (χ3n) is 4.98. The van der Waals surface area contributed by atoms with Gasteiger partial charge in [-0.15, -0.1) is 5.10 Å². The fraction of sp³-hybridized carbons (Fsp3) is 0.611. The van der Waals surface area contributed by atoms with Crippen LogP contribution in [0, 0.1) is 5.92 Å². The lowest BCUT2D eigenvalue weighted by Gasteiger charge is -2.31. The molecule has 1 aliphatic rings. The van der Waals surface area contributed by atoms with Gasteiger partial charge in [-0.1, -0.05) is 11.3 Å². The Morgan fingerprint density at radius 3 is 2.62 bits per heavy atom. The first kappa shape index (κ1) is 16.9. The molecule has 2 aromatic rings. The standard InChI is InChI=1S/C18H28N6/c1-15(2)22(3)18-5-4-17(12-19-18)13-23-9-6-16(7-10-23)14-24-11-8-20-21-24/h4-5,8,11-12,15-16H,6-7,9-10,13-14H2,1-3H3. The fourth-order valence-electron chi connectivity index (χ4n) is 3.16. The zero-order valence-corrected chi connectivity index (χ0v) is 15.0. The topological polar surface area (TPSA) is 50.1 Å². The van der Waals surface area contributed by atoms with Crippen molar-refractivity contribution in [2.75, 3.05) is 25.0 Å². The average Bonchev–Trinajstić information content (AvgIpc) is 3.09. The van der Waals surface area contributed by atoms with E-state index in [0.717, 1.165) is 32.0 Å². The van der Waals surface area contributed by atoms with Crippen molar-refractivity contribution in [3.63, 3.8) is 0 Å². The second-order valence-corrected chi connectivity index (χ2v) is 7.07. The number of aromatic nitrogens is 4. The number of hydrogen-bond acceptors (Lipinski definition) is 5. The van der Waals surface area contributed by atoms with Crippen molar-refractivity contribution in [2.45, 2.75) is 45.8 Å². The lowest BCUT2D eigenvalue weighted by molar-refractivity contribution is 0.164. The first-order valence-electron chi connectivity index (χ1n) is 8.86. The van der Waals surface area contributed by atoms with Crippen molar-refractivity contribution in [2.24, 2.45) is 5.92 Å². The monoisotopic (exact) mass is 328 g/mol. The van der Waals surface area contributed by atoms with Crippen LogP contribution in [0.1, 0.15) is 32.3 Å². The van der Waals surface area contributed by atoms with Gasteiger partial charge in [0, 0.05) is 38.6 Å². The molecule has 130 valence electrons. The minimum atomic E-state index is 0.465. The Labute approximate surface area is 144 Å². The summed E-state index contributed by atoms with van der Waals surface area (Å²) >= 11 is 0. The maximum absolute atomic E-state index is 4.61. The van der Waals surface area contributed by atoms with E-state index in [1.165, 1.54) is 18.4 Å². The van der Waals surface area contributed by atoms with Gasteiger partial charge in [-0.05, 0) is 57.3 Å². The average molecular weight is 328 g/mol. The predicted octanol–water partition coefficient (Wildman–Crippen LogP) is 2.43. The van der Waals surface area contributed by atoms with Crippen LogP contribution in [0.5, 0.6) is 0 Å². The van der Waals surface area contributed by atoms with Gasteiger partial charge in [0.2, 0.25) is 0 Å². The molecule has 0 atom stereocenters. The van der Waals surface area contributed by atoms with Gasteiger partial charge in [0.15, 0.2) is 0 Å².